The first-order chi connectivity index (χ1) is 10.8. The second-order valence-corrected chi connectivity index (χ2v) is 7.63. The summed E-state index contributed by atoms with van der Waals surface area (Å²) in [5.74, 6) is -0.170. The minimum Gasteiger partial charge on any atom is -0.339 e. The normalized spacial score (nSPS) is 18.0. The molecule has 2 rings (SSSR count). The Morgan fingerprint density at radius 1 is 1.17 bits per heavy atom. The van der Waals surface area contributed by atoms with Crippen LogP contribution in [-0.4, -0.2) is 62.9 Å². The van der Waals surface area contributed by atoms with E-state index in [0.717, 1.165) is 25.2 Å². The van der Waals surface area contributed by atoms with Crippen LogP contribution < -0.4 is 4.72 Å². The highest BCUT2D eigenvalue weighted by molar-refractivity contribution is 7.89. The molecule has 1 heterocycles. The molecule has 1 aliphatic rings. The van der Waals surface area contributed by atoms with E-state index >= 15 is 0 Å². The third-order valence-electron chi connectivity index (χ3n) is 4.16. The maximum Gasteiger partial charge on any atom is 0.241 e. The minimum absolute atomic E-state index is 0.170. The average Bonchev–Trinajstić information content (AvgIpc) is 2.54. The molecule has 1 saturated heterocycles. The lowest BCUT2D eigenvalue weighted by atomic mass is 10.2. The largest absolute Gasteiger partial charge is 0.339 e. The molecule has 1 fully saturated rings. The van der Waals surface area contributed by atoms with Crippen molar-refractivity contribution >= 4 is 15.9 Å². The van der Waals surface area contributed by atoms with E-state index in [1.54, 1.807) is 36.1 Å². The summed E-state index contributed by atoms with van der Waals surface area (Å²) < 4.78 is 27.2. The zero-order valence-electron chi connectivity index (χ0n) is 13.9. The average molecular weight is 339 g/mol. The van der Waals surface area contributed by atoms with Gasteiger partial charge in [0.15, 0.2) is 0 Å². The molecule has 1 aromatic rings. The summed E-state index contributed by atoms with van der Waals surface area (Å²) in [6, 6.07) is 5.81. The van der Waals surface area contributed by atoms with Gasteiger partial charge in [-0.25, -0.2) is 8.42 Å². The van der Waals surface area contributed by atoms with Crippen molar-refractivity contribution < 1.29 is 13.2 Å². The van der Waals surface area contributed by atoms with Crippen molar-refractivity contribution in [3.8, 4) is 0 Å². The lowest BCUT2D eigenvalue weighted by Crippen LogP contribution is -2.54. The molecule has 1 amide bonds. The number of carbonyl (C=O) groups excluding carboxylic acids is 1. The molecule has 1 N–H and O–H groups in total. The summed E-state index contributed by atoms with van der Waals surface area (Å²) in [5, 5.41) is 0. The summed E-state index contributed by atoms with van der Waals surface area (Å²) in [5.41, 5.74) is 0.988. The second-order valence-electron chi connectivity index (χ2n) is 5.92. The summed E-state index contributed by atoms with van der Waals surface area (Å²) >= 11 is 0. The Labute approximate surface area is 138 Å². The SMILES string of the molecule is CCN1CCN(C(=O)[C@H](C)NS(=O)(=O)c2ccc(C)cc2)CC1. The number of benzene rings is 1. The lowest BCUT2D eigenvalue weighted by Gasteiger charge is -2.35. The summed E-state index contributed by atoms with van der Waals surface area (Å²) in [7, 11) is -3.68. The van der Waals surface area contributed by atoms with Gasteiger partial charge in [-0.2, -0.15) is 4.72 Å². The topological polar surface area (TPSA) is 69.7 Å². The molecule has 0 unspecified atom stereocenters. The smallest absolute Gasteiger partial charge is 0.241 e. The first-order valence-corrected chi connectivity index (χ1v) is 9.42. The first kappa shape index (κ1) is 17.9. The number of likely N-dealkylation sites (N-methyl/N-ethyl adjacent to an activating group) is 1. The van der Waals surface area contributed by atoms with E-state index in [0.29, 0.717) is 13.1 Å². The fourth-order valence-electron chi connectivity index (χ4n) is 2.63. The highest BCUT2D eigenvalue weighted by atomic mass is 32.2. The van der Waals surface area contributed by atoms with E-state index in [4.69, 9.17) is 0 Å². The Kier molecular flexibility index (Phi) is 5.78. The summed E-state index contributed by atoms with van der Waals surface area (Å²) in [4.78, 5) is 16.6. The molecule has 0 aliphatic carbocycles. The van der Waals surface area contributed by atoms with Crippen LogP contribution in [0.4, 0.5) is 0 Å². The molecule has 0 aromatic heterocycles. The van der Waals surface area contributed by atoms with Gasteiger partial charge in [0.2, 0.25) is 15.9 Å². The zero-order chi connectivity index (χ0) is 17.0. The van der Waals surface area contributed by atoms with Gasteiger partial charge in [0.25, 0.3) is 0 Å². The van der Waals surface area contributed by atoms with Crippen molar-refractivity contribution in [3.63, 3.8) is 0 Å². The number of amides is 1. The van der Waals surface area contributed by atoms with Crippen LogP contribution in [0.25, 0.3) is 0 Å². The van der Waals surface area contributed by atoms with Crippen LogP contribution in [0, 0.1) is 6.92 Å². The molecule has 128 valence electrons. The monoisotopic (exact) mass is 339 g/mol. The van der Waals surface area contributed by atoms with Crippen LogP contribution in [0.15, 0.2) is 29.2 Å². The van der Waals surface area contributed by atoms with E-state index in [1.165, 1.54) is 0 Å². The molecule has 0 bridgehead atoms. The molecule has 1 aliphatic heterocycles. The molecule has 0 saturated carbocycles. The number of nitrogens with one attached hydrogen (secondary N) is 1. The fraction of sp³-hybridized carbons (Fsp3) is 0.562. The second kappa shape index (κ2) is 7.42. The predicted molar refractivity (Wildman–Crippen MR) is 89.7 cm³/mol. The number of hydrogen-bond donors (Lipinski definition) is 1. The number of rotatable bonds is 5. The van der Waals surface area contributed by atoms with Crippen LogP contribution >= 0.6 is 0 Å². The maximum atomic E-state index is 12.4. The first-order valence-electron chi connectivity index (χ1n) is 7.93. The fourth-order valence-corrected chi connectivity index (χ4v) is 3.82. The highest BCUT2D eigenvalue weighted by Gasteiger charge is 2.27. The van der Waals surface area contributed by atoms with Gasteiger partial charge in [-0.05, 0) is 32.5 Å². The van der Waals surface area contributed by atoms with Crippen molar-refractivity contribution in [2.75, 3.05) is 32.7 Å². The van der Waals surface area contributed by atoms with E-state index in [-0.39, 0.29) is 10.8 Å². The van der Waals surface area contributed by atoms with Gasteiger partial charge in [-0.1, -0.05) is 24.6 Å². The highest BCUT2D eigenvalue weighted by Crippen LogP contribution is 2.11. The predicted octanol–water partition coefficient (Wildman–Crippen LogP) is 0.826. The molecule has 6 nitrogen and oxygen atoms in total. The van der Waals surface area contributed by atoms with E-state index < -0.39 is 16.1 Å². The van der Waals surface area contributed by atoms with E-state index in [9.17, 15) is 13.2 Å². The Hall–Kier alpha value is -1.44. The molecular formula is C16H25N3O3S. The van der Waals surface area contributed by atoms with Crippen LogP contribution in [0.2, 0.25) is 0 Å². The minimum atomic E-state index is -3.68. The summed E-state index contributed by atoms with van der Waals surface area (Å²) in [6.45, 7) is 9.51. The van der Waals surface area contributed by atoms with Crippen molar-refractivity contribution in [1.29, 1.82) is 0 Å². The zero-order valence-corrected chi connectivity index (χ0v) is 14.8. The van der Waals surface area contributed by atoms with Crippen LogP contribution in [0.1, 0.15) is 19.4 Å². The molecule has 0 radical (unpaired) electrons. The standard InChI is InChI=1S/C16H25N3O3S/c1-4-18-9-11-19(12-10-18)16(20)14(3)17-23(21,22)15-7-5-13(2)6-8-15/h5-8,14,17H,4,9-12H2,1-3H3/t14-/m0/s1. The van der Waals surface area contributed by atoms with Gasteiger partial charge in [0.05, 0.1) is 10.9 Å². The van der Waals surface area contributed by atoms with Gasteiger partial charge in [-0.15, -0.1) is 0 Å². The number of nitrogens with zero attached hydrogens (tertiary/aromatic N) is 2. The van der Waals surface area contributed by atoms with Gasteiger partial charge < -0.3 is 9.80 Å². The Morgan fingerprint density at radius 2 is 1.74 bits per heavy atom. The number of sulfonamides is 1. The van der Waals surface area contributed by atoms with E-state index in [2.05, 4.69) is 16.5 Å². The van der Waals surface area contributed by atoms with Gasteiger partial charge in [-0.3, -0.25) is 4.79 Å². The molecule has 1 aromatic carbocycles. The number of piperazine rings is 1. The Balaban J connectivity index is 1.99. The molecule has 1 atom stereocenters. The molecule has 7 heteroatoms. The van der Waals surface area contributed by atoms with Crippen LogP contribution in [-0.2, 0) is 14.8 Å². The van der Waals surface area contributed by atoms with Gasteiger partial charge in [0.1, 0.15) is 0 Å². The number of carbonyl (C=O) groups is 1. The van der Waals surface area contributed by atoms with Gasteiger partial charge in [0, 0.05) is 26.2 Å². The van der Waals surface area contributed by atoms with Crippen molar-refractivity contribution in [2.24, 2.45) is 0 Å². The van der Waals surface area contributed by atoms with Crippen molar-refractivity contribution in [3.05, 3.63) is 29.8 Å². The van der Waals surface area contributed by atoms with E-state index in [1.807, 2.05) is 6.92 Å². The third kappa shape index (κ3) is 4.53. The van der Waals surface area contributed by atoms with Crippen molar-refractivity contribution in [1.82, 2.24) is 14.5 Å². The summed E-state index contributed by atoms with van der Waals surface area (Å²) in [6.07, 6.45) is 0. The van der Waals surface area contributed by atoms with Crippen molar-refractivity contribution in [2.45, 2.75) is 31.7 Å². The number of hydrogen-bond acceptors (Lipinski definition) is 4. The lowest BCUT2D eigenvalue weighted by molar-refractivity contribution is -0.134. The molecule has 23 heavy (non-hydrogen) atoms. The quantitative estimate of drug-likeness (QED) is 0.862. The molecular weight excluding hydrogens is 314 g/mol. The number of aryl methyl sites for hydroxylation is 1. The Bertz CT molecular complexity index is 635. The third-order valence-corrected chi connectivity index (χ3v) is 5.72. The van der Waals surface area contributed by atoms with Crippen LogP contribution in [0.3, 0.4) is 0 Å². The van der Waals surface area contributed by atoms with Gasteiger partial charge >= 0.3 is 0 Å². The maximum absolute atomic E-state index is 12.4. The molecule has 0 spiro atoms. The Morgan fingerprint density at radius 3 is 2.26 bits per heavy atom. The van der Waals surface area contributed by atoms with Crippen LogP contribution in [0.5, 0.6) is 0 Å².